The standard InChI is InChI=1S/C18H21NO/c1-15-8-6-7-11-17(15)14-19(2)18(20)13-12-16-9-4-3-5-10-16/h3-11H,12-14H2,1-2H3. The van der Waals surface area contributed by atoms with Crippen molar-refractivity contribution in [3.8, 4) is 0 Å². The zero-order chi connectivity index (χ0) is 14.4. The molecule has 0 aliphatic rings. The number of hydrogen-bond acceptors (Lipinski definition) is 1. The number of carbonyl (C=O) groups excluding carboxylic acids is 1. The van der Waals surface area contributed by atoms with Crippen molar-refractivity contribution in [2.24, 2.45) is 0 Å². The van der Waals surface area contributed by atoms with Gasteiger partial charge in [0.15, 0.2) is 0 Å². The van der Waals surface area contributed by atoms with Crippen LogP contribution >= 0.6 is 0 Å². The highest BCUT2D eigenvalue weighted by atomic mass is 16.2. The molecule has 2 aromatic rings. The van der Waals surface area contributed by atoms with E-state index in [1.165, 1.54) is 16.7 Å². The van der Waals surface area contributed by atoms with Crippen LogP contribution in [0.4, 0.5) is 0 Å². The number of rotatable bonds is 5. The van der Waals surface area contributed by atoms with Gasteiger partial charge < -0.3 is 4.90 Å². The topological polar surface area (TPSA) is 20.3 Å². The highest BCUT2D eigenvalue weighted by Crippen LogP contribution is 2.11. The lowest BCUT2D eigenvalue weighted by Crippen LogP contribution is -2.26. The molecule has 2 rings (SSSR count). The van der Waals surface area contributed by atoms with E-state index >= 15 is 0 Å². The Morgan fingerprint density at radius 2 is 1.65 bits per heavy atom. The van der Waals surface area contributed by atoms with Gasteiger partial charge in [0.25, 0.3) is 0 Å². The first-order valence-corrected chi connectivity index (χ1v) is 6.99. The van der Waals surface area contributed by atoms with Crippen molar-refractivity contribution < 1.29 is 4.79 Å². The summed E-state index contributed by atoms with van der Waals surface area (Å²) >= 11 is 0. The summed E-state index contributed by atoms with van der Waals surface area (Å²) in [6, 6.07) is 18.3. The van der Waals surface area contributed by atoms with E-state index in [-0.39, 0.29) is 5.91 Å². The second kappa shape index (κ2) is 6.90. The van der Waals surface area contributed by atoms with Crippen molar-refractivity contribution in [1.29, 1.82) is 0 Å². The number of amides is 1. The minimum absolute atomic E-state index is 0.192. The van der Waals surface area contributed by atoms with Crippen LogP contribution in [0.3, 0.4) is 0 Å². The van der Waals surface area contributed by atoms with Gasteiger partial charge in [0.1, 0.15) is 0 Å². The maximum atomic E-state index is 12.2. The minimum Gasteiger partial charge on any atom is -0.341 e. The molecule has 0 saturated heterocycles. The van der Waals surface area contributed by atoms with Gasteiger partial charge in [-0.1, -0.05) is 54.6 Å². The van der Waals surface area contributed by atoms with Gasteiger partial charge in [-0.15, -0.1) is 0 Å². The van der Waals surface area contributed by atoms with E-state index in [2.05, 4.69) is 31.2 Å². The predicted octanol–water partition coefficient (Wildman–Crippen LogP) is 3.59. The van der Waals surface area contributed by atoms with E-state index in [0.29, 0.717) is 13.0 Å². The molecule has 20 heavy (non-hydrogen) atoms. The largest absolute Gasteiger partial charge is 0.341 e. The van der Waals surface area contributed by atoms with Crippen LogP contribution in [0.1, 0.15) is 23.1 Å². The maximum Gasteiger partial charge on any atom is 0.222 e. The third kappa shape index (κ3) is 3.95. The van der Waals surface area contributed by atoms with Crippen molar-refractivity contribution in [2.45, 2.75) is 26.3 Å². The first kappa shape index (κ1) is 14.3. The summed E-state index contributed by atoms with van der Waals surface area (Å²) in [6.07, 6.45) is 1.37. The van der Waals surface area contributed by atoms with Crippen molar-refractivity contribution >= 4 is 5.91 Å². The van der Waals surface area contributed by atoms with Gasteiger partial charge in [-0.25, -0.2) is 0 Å². The molecule has 1 amide bonds. The van der Waals surface area contributed by atoms with E-state index in [0.717, 1.165) is 6.42 Å². The Balaban J connectivity index is 1.88. The van der Waals surface area contributed by atoms with Crippen molar-refractivity contribution in [1.82, 2.24) is 4.90 Å². The van der Waals surface area contributed by atoms with Crippen LogP contribution < -0.4 is 0 Å². The van der Waals surface area contributed by atoms with Crippen molar-refractivity contribution in [3.63, 3.8) is 0 Å². The summed E-state index contributed by atoms with van der Waals surface area (Å²) in [6.45, 7) is 2.76. The lowest BCUT2D eigenvalue weighted by atomic mass is 10.1. The first-order valence-electron chi connectivity index (χ1n) is 6.99. The number of aryl methyl sites for hydroxylation is 2. The summed E-state index contributed by atoms with van der Waals surface area (Å²) in [5.74, 6) is 0.192. The normalized spacial score (nSPS) is 10.3. The molecule has 0 fully saturated rings. The average Bonchev–Trinajstić information content (AvgIpc) is 2.48. The highest BCUT2D eigenvalue weighted by Gasteiger charge is 2.10. The fourth-order valence-corrected chi connectivity index (χ4v) is 2.22. The maximum absolute atomic E-state index is 12.2. The second-order valence-electron chi connectivity index (χ2n) is 5.16. The van der Waals surface area contributed by atoms with Gasteiger partial charge in [-0.2, -0.15) is 0 Å². The summed E-state index contributed by atoms with van der Waals surface area (Å²) in [5, 5.41) is 0. The molecule has 0 radical (unpaired) electrons. The molecule has 0 spiro atoms. The molecule has 2 aromatic carbocycles. The Kier molecular flexibility index (Phi) is 4.94. The van der Waals surface area contributed by atoms with Gasteiger partial charge in [0, 0.05) is 20.0 Å². The third-order valence-corrected chi connectivity index (χ3v) is 3.56. The van der Waals surface area contributed by atoms with Crippen molar-refractivity contribution in [3.05, 3.63) is 71.3 Å². The van der Waals surface area contributed by atoms with Crippen LogP contribution in [0.5, 0.6) is 0 Å². The van der Waals surface area contributed by atoms with E-state index in [1.807, 2.05) is 42.3 Å². The molecule has 2 heteroatoms. The molecule has 0 atom stereocenters. The van der Waals surface area contributed by atoms with E-state index in [4.69, 9.17) is 0 Å². The highest BCUT2D eigenvalue weighted by molar-refractivity contribution is 5.76. The van der Waals surface area contributed by atoms with Gasteiger partial charge in [0.05, 0.1) is 0 Å². The van der Waals surface area contributed by atoms with Gasteiger partial charge in [0.2, 0.25) is 5.91 Å². The molecule has 0 bridgehead atoms. The zero-order valence-electron chi connectivity index (χ0n) is 12.2. The summed E-state index contributed by atoms with van der Waals surface area (Å²) < 4.78 is 0. The SMILES string of the molecule is Cc1ccccc1CN(C)C(=O)CCc1ccccc1. The minimum atomic E-state index is 0.192. The molecule has 0 unspecified atom stereocenters. The van der Waals surface area contributed by atoms with Crippen LogP contribution in [0.25, 0.3) is 0 Å². The zero-order valence-corrected chi connectivity index (χ0v) is 12.2. The number of nitrogens with zero attached hydrogens (tertiary/aromatic N) is 1. The van der Waals surface area contributed by atoms with Gasteiger partial charge in [-0.05, 0) is 30.0 Å². The van der Waals surface area contributed by atoms with E-state index < -0.39 is 0 Å². The molecule has 0 aliphatic heterocycles. The first-order chi connectivity index (χ1) is 9.66. The summed E-state index contributed by atoms with van der Waals surface area (Å²) in [5.41, 5.74) is 3.66. The third-order valence-electron chi connectivity index (χ3n) is 3.56. The lowest BCUT2D eigenvalue weighted by Gasteiger charge is -2.18. The van der Waals surface area contributed by atoms with Crippen LogP contribution in [-0.4, -0.2) is 17.9 Å². The molecule has 0 saturated carbocycles. The average molecular weight is 267 g/mol. The molecule has 104 valence electrons. The fraction of sp³-hybridized carbons (Fsp3) is 0.278. The predicted molar refractivity (Wildman–Crippen MR) is 82.4 cm³/mol. The van der Waals surface area contributed by atoms with E-state index in [9.17, 15) is 4.79 Å². The molecular formula is C18H21NO. The number of benzene rings is 2. The summed E-state index contributed by atoms with van der Waals surface area (Å²) in [4.78, 5) is 14.0. The van der Waals surface area contributed by atoms with E-state index in [1.54, 1.807) is 0 Å². The van der Waals surface area contributed by atoms with Gasteiger partial charge >= 0.3 is 0 Å². The van der Waals surface area contributed by atoms with Crippen LogP contribution in [0.2, 0.25) is 0 Å². The molecular weight excluding hydrogens is 246 g/mol. The smallest absolute Gasteiger partial charge is 0.222 e. The summed E-state index contributed by atoms with van der Waals surface area (Å²) in [7, 11) is 1.87. The quantitative estimate of drug-likeness (QED) is 0.810. The fourth-order valence-electron chi connectivity index (χ4n) is 2.22. The Morgan fingerprint density at radius 1 is 1.00 bits per heavy atom. The van der Waals surface area contributed by atoms with Crippen LogP contribution in [-0.2, 0) is 17.8 Å². The molecule has 0 heterocycles. The van der Waals surface area contributed by atoms with Crippen molar-refractivity contribution in [2.75, 3.05) is 7.05 Å². The Bertz CT molecular complexity index is 563. The van der Waals surface area contributed by atoms with Gasteiger partial charge in [-0.3, -0.25) is 4.79 Å². The number of carbonyl (C=O) groups is 1. The molecule has 0 N–H and O–H groups in total. The molecule has 0 aromatic heterocycles. The van der Waals surface area contributed by atoms with Crippen LogP contribution in [0.15, 0.2) is 54.6 Å². The Labute approximate surface area is 121 Å². The molecule has 0 aliphatic carbocycles. The molecule has 2 nitrogen and oxygen atoms in total. The van der Waals surface area contributed by atoms with Crippen LogP contribution in [0, 0.1) is 6.92 Å². The second-order valence-corrected chi connectivity index (χ2v) is 5.16. The monoisotopic (exact) mass is 267 g/mol. The lowest BCUT2D eigenvalue weighted by molar-refractivity contribution is -0.130. The Hall–Kier alpha value is -2.09. The number of hydrogen-bond donors (Lipinski definition) is 0. The Morgan fingerprint density at radius 3 is 2.35 bits per heavy atom.